The maximum Gasteiger partial charge on any atom is 0.340 e. The summed E-state index contributed by atoms with van der Waals surface area (Å²) in [7, 11) is 0. The molecule has 0 bridgehead atoms. The maximum atomic E-state index is 10.8. The Kier molecular flexibility index (Phi) is 2.88. The molecule has 0 unspecified atom stereocenters. The Bertz CT molecular complexity index is 474. The van der Waals surface area contributed by atoms with Crippen LogP contribution >= 0.6 is 23.1 Å². The Balaban J connectivity index is 2.32. The van der Waals surface area contributed by atoms with Crippen LogP contribution in [0.5, 0.6) is 0 Å². The Morgan fingerprint density at radius 1 is 1.53 bits per heavy atom. The topological polar surface area (TPSA) is 88.9 Å². The van der Waals surface area contributed by atoms with E-state index in [1.807, 2.05) is 0 Å². The number of carboxylic acids is 1. The zero-order valence-electron chi connectivity index (χ0n) is 7.19. The van der Waals surface area contributed by atoms with Gasteiger partial charge in [0.05, 0.1) is 0 Å². The van der Waals surface area contributed by atoms with Crippen LogP contribution in [0.15, 0.2) is 27.4 Å². The number of hydrogen-bond donors (Lipinski definition) is 1. The lowest BCUT2D eigenvalue weighted by atomic mass is 10.3. The minimum atomic E-state index is -1.05. The van der Waals surface area contributed by atoms with Crippen LogP contribution in [0, 0.1) is 0 Å². The third kappa shape index (κ3) is 2.28. The van der Waals surface area contributed by atoms with E-state index < -0.39 is 5.97 Å². The molecule has 8 heteroatoms. The zero-order valence-corrected chi connectivity index (χ0v) is 8.83. The van der Waals surface area contributed by atoms with Crippen molar-refractivity contribution in [3.05, 3.63) is 23.6 Å². The van der Waals surface area contributed by atoms with Crippen molar-refractivity contribution in [2.24, 2.45) is 0 Å². The van der Waals surface area contributed by atoms with Crippen LogP contribution < -0.4 is 0 Å². The van der Waals surface area contributed by atoms with Gasteiger partial charge in [-0.1, -0.05) is 11.3 Å². The van der Waals surface area contributed by atoms with Crippen molar-refractivity contribution in [2.75, 3.05) is 0 Å². The van der Waals surface area contributed by atoms with Crippen molar-refractivity contribution in [1.82, 2.24) is 20.2 Å². The number of hydrogen-bond acceptors (Lipinski definition) is 7. The van der Waals surface area contributed by atoms with Gasteiger partial charge in [0.2, 0.25) is 0 Å². The molecule has 0 spiro atoms. The minimum absolute atomic E-state index is 0.0673. The summed E-state index contributed by atoms with van der Waals surface area (Å²) in [5.74, 6) is -1.05. The number of carbonyl (C=O) groups is 1. The summed E-state index contributed by atoms with van der Waals surface area (Å²) in [5.41, 5.74) is 1.64. The highest BCUT2D eigenvalue weighted by atomic mass is 32.2. The van der Waals surface area contributed by atoms with E-state index in [2.05, 4.69) is 20.2 Å². The van der Waals surface area contributed by atoms with Gasteiger partial charge in [-0.3, -0.25) is 0 Å². The first-order chi connectivity index (χ1) is 7.27. The summed E-state index contributed by atoms with van der Waals surface area (Å²) in [6.07, 6.45) is 2.56. The van der Waals surface area contributed by atoms with Gasteiger partial charge < -0.3 is 5.11 Å². The summed E-state index contributed by atoms with van der Waals surface area (Å²) < 4.78 is 0.649. The molecule has 0 saturated heterocycles. The Morgan fingerprint density at radius 2 is 2.40 bits per heavy atom. The highest BCUT2D eigenvalue weighted by Crippen LogP contribution is 2.28. The number of nitrogens with zero attached hydrogens (tertiary/aromatic N) is 4. The molecule has 2 aromatic rings. The molecular weight excluding hydrogens is 236 g/mol. The van der Waals surface area contributed by atoms with E-state index in [1.165, 1.54) is 23.9 Å². The summed E-state index contributed by atoms with van der Waals surface area (Å²) in [4.78, 5) is 18.4. The first-order valence-corrected chi connectivity index (χ1v) is 5.44. The molecular formula is C7H4N4O2S2. The second kappa shape index (κ2) is 4.32. The Morgan fingerprint density at radius 3 is 3.07 bits per heavy atom. The van der Waals surface area contributed by atoms with Crippen molar-refractivity contribution >= 4 is 29.1 Å². The molecule has 0 aliphatic rings. The average molecular weight is 240 g/mol. The minimum Gasteiger partial charge on any atom is -0.478 e. The van der Waals surface area contributed by atoms with E-state index in [0.29, 0.717) is 9.37 Å². The van der Waals surface area contributed by atoms with Gasteiger partial charge in [0.15, 0.2) is 4.34 Å². The molecule has 2 rings (SSSR count). The molecule has 0 radical (unpaired) electrons. The average Bonchev–Trinajstić information content (AvgIpc) is 2.71. The van der Waals surface area contributed by atoms with Gasteiger partial charge in [0.1, 0.15) is 22.4 Å². The van der Waals surface area contributed by atoms with Crippen molar-refractivity contribution < 1.29 is 9.90 Å². The van der Waals surface area contributed by atoms with E-state index in [9.17, 15) is 4.79 Å². The lowest BCUT2D eigenvalue weighted by Crippen LogP contribution is -2.01. The molecule has 6 nitrogen and oxygen atoms in total. The van der Waals surface area contributed by atoms with Crippen molar-refractivity contribution in [3.8, 4) is 0 Å². The SMILES string of the molecule is O=C(O)c1cncnc1Sc1nncs1. The molecule has 2 aromatic heterocycles. The molecule has 0 amide bonds. The van der Waals surface area contributed by atoms with Gasteiger partial charge in [-0.2, -0.15) is 0 Å². The molecule has 2 heterocycles. The third-order valence-electron chi connectivity index (χ3n) is 1.43. The fourth-order valence-corrected chi connectivity index (χ4v) is 2.28. The zero-order chi connectivity index (χ0) is 10.7. The van der Waals surface area contributed by atoms with Crippen LogP contribution in [0.1, 0.15) is 10.4 Å². The van der Waals surface area contributed by atoms with Gasteiger partial charge >= 0.3 is 5.97 Å². The van der Waals surface area contributed by atoms with E-state index in [-0.39, 0.29) is 5.56 Å². The summed E-state index contributed by atoms with van der Waals surface area (Å²) in [5, 5.41) is 16.7. The molecule has 0 aliphatic carbocycles. The quantitative estimate of drug-likeness (QED) is 0.805. The molecule has 15 heavy (non-hydrogen) atoms. The van der Waals surface area contributed by atoms with Crippen molar-refractivity contribution in [2.45, 2.75) is 9.37 Å². The molecule has 0 aromatic carbocycles. The molecule has 0 aliphatic heterocycles. The normalized spacial score (nSPS) is 10.1. The molecule has 1 N–H and O–H groups in total. The predicted octanol–water partition coefficient (Wildman–Crippen LogP) is 1.18. The monoisotopic (exact) mass is 240 g/mol. The van der Waals surface area contributed by atoms with Crippen LogP contribution in [0.25, 0.3) is 0 Å². The Labute approximate surface area is 92.4 Å². The second-order valence-electron chi connectivity index (χ2n) is 2.35. The van der Waals surface area contributed by atoms with Gasteiger partial charge in [-0.25, -0.2) is 14.8 Å². The van der Waals surface area contributed by atoms with Crippen molar-refractivity contribution in [3.63, 3.8) is 0 Å². The fourth-order valence-electron chi connectivity index (χ4n) is 0.837. The van der Waals surface area contributed by atoms with Crippen LogP contribution in [-0.4, -0.2) is 31.2 Å². The van der Waals surface area contributed by atoms with Crippen molar-refractivity contribution in [1.29, 1.82) is 0 Å². The van der Waals surface area contributed by atoms with Crippen LogP contribution in [0.4, 0.5) is 0 Å². The molecule has 0 atom stereocenters. The molecule has 76 valence electrons. The standard InChI is InChI=1S/C7H4N4O2S2/c12-6(13)4-1-8-2-9-5(4)15-7-11-10-3-14-7/h1-3H,(H,12,13). The van der Waals surface area contributed by atoms with Crippen LogP contribution in [-0.2, 0) is 0 Å². The number of aromatic carboxylic acids is 1. The number of carboxylic acid groups (broad SMARTS) is 1. The van der Waals surface area contributed by atoms with Gasteiger partial charge in [-0.05, 0) is 11.8 Å². The summed E-state index contributed by atoms with van der Waals surface area (Å²) >= 11 is 2.49. The van der Waals surface area contributed by atoms with Gasteiger partial charge in [0, 0.05) is 6.20 Å². The van der Waals surface area contributed by atoms with E-state index >= 15 is 0 Å². The van der Waals surface area contributed by atoms with Crippen LogP contribution in [0.3, 0.4) is 0 Å². The second-order valence-corrected chi connectivity index (χ2v) is 4.42. The smallest absolute Gasteiger partial charge is 0.340 e. The summed E-state index contributed by atoms with van der Waals surface area (Å²) in [6.45, 7) is 0. The largest absolute Gasteiger partial charge is 0.478 e. The fraction of sp³-hybridized carbons (Fsp3) is 0. The first kappa shape index (κ1) is 9.99. The predicted molar refractivity (Wildman–Crippen MR) is 53.0 cm³/mol. The highest BCUT2D eigenvalue weighted by Gasteiger charge is 2.13. The van der Waals surface area contributed by atoms with Gasteiger partial charge in [0.25, 0.3) is 0 Å². The Hall–Kier alpha value is -1.54. The number of rotatable bonds is 3. The van der Waals surface area contributed by atoms with Gasteiger partial charge in [-0.15, -0.1) is 10.2 Å². The van der Waals surface area contributed by atoms with E-state index in [4.69, 9.17) is 5.11 Å². The highest BCUT2D eigenvalue weighted by molar-refractivity contribution is 8.01. The van der Waals surface area contributed by atoms with Crippen LogP contribution in [0.2, 0.25) is 0 Å². The van der Waals surface area contributed by atoms with E-state index in [1.54, 1.807) is 5.51 Å². The molecule has 0 saturated carbocycles. The number of aromatic nitrogens is 4. The third-order valence-corrected chi connectivity index (χ3v) is 3.23. The lowest BCUT2D eigenvalue weighted by Gasteiger charge is -1.99. The maximum absolute atomic E-state index is 10.8. The first-order valence-electron chi connectivity index (χ1n) is 3.74. The molecule has 0 fully saturated rings. The lowest BCUT2D eigenvalue weighted by molar-refractivity contribution is 0.0691. The van der Waals surface area contributed by atoms with E-state index in [0.717, 1.165) is 11.8 Å². The summed E-state index contributed by atoms with van der Waals surface area (Å²) in [6, 6.07) is 0.